The van der Waals surface area contributed by atoms with Crippen LogP contribution < -0.4 is 5.32 Å². The third-order valence-electron chi connectivity index (χ3n) is 3.80. The van der Waals surface area contributed by atoms with Crippen molar-refractivity contribution in [1.29, 1.82) is 0 Å². The molecular formula is C12H24N2. The second-order valence-electron chi connectivity index (χ2n) is 5.24. The van der Waals surface area contributed by atoms with E-state index in [0.29, 0.717) is 0 Å². The van der Waals surface area contributed by atoms with Crippen LogP contribution in [0.5, 0.6) is 0 Å². The lowest BCUT2D eigenvalue weighted by atomic mass is 10.0. The van der Waals surface area contributed by atoms with Gasteiger partial charge in [0, 0.05) is 18.6 Å². The third kappa shape index (κ3) is 2.29. The topological polar surface area (TPSA) is 15.3 Å². The molecule has 2 fully saturated rings. The highest BCUT2D eigenvalue weighted by Crippen LogP contribution is 2.24. The molecule has 2 atom stereocenters. The minimum Gasteiger partial charge on any atom is -0.313 e. The van der Waals surface area contributed by atoms with Gasteiger partial charge in [0.25, 0.3) is 0 Å². The Morgan fingerprint density at radius 1 is 1.29 bits per heavy atom. The maximum atomic E-state index is 3.60. The van der Waals surface area contributed by atoms with Crippen molar-refractivity contribution in [2.75, 3.05) is 19.6 Å². The van der Waals surface area contributed by atoms with Gasteiger partial charge in [-0.2, -0.15) is 0 Å². The highest BCUT2D eigenvalue weighted by atomic mass is 15.2. The molecule has 2 rings (SSSR count). The minimum absolute atomic E-state index is 0.786. The first-order valence-electron chi connectivity index (χ1n) is 6.25. The molecule has 2 saturated heterocycles. The van der Waals surface area contributed by atoms with E-state index in [9.17, 15) is 0 Å². The standard InChI is InChI=1S/C12H24N2/c1-10(2)12-6-4-8-14(12)9-11-5-3-7-13-11/h10-13H,3-9H2,1-2H3/t11-,12?/m1/s1. The van der Waals surface area contributed by atoms with Crippen molar-refractivity contribution < 1.29 is 0 Å². The number of hydrogen-bond donors (Lipinski definition) is 1. The van der Waals surface area contributed by atoms with Gasteiger partial charge in [-0.05, 0) is 44.7 Å². The first-order valence-corrected chi connectivity index (χ1v) is 6.25. The van der Waals surface area contributed by atoms with E-state index in [1.807, 2.05) is 0 Å². The van der Waals surface area contributed by atoms with Crippen LogP contribution in [0, 0.1) is 5.92 Å². The molecule has 0 aromatic rings. The molecule has 1 N–H and O–H groups in total. The molecule has 1 unspecified atom stereocenters. The van der Waals surface area contributed by atoms with Crippen molar-refractivity contribution >= 4 is 0 Å². The van der Waals surface area contributed by atoms with Crippen LogP contribution in [0.3, 0.4) is 0 Å². The Labute approximate surface area is 88.1 Å². The third-order valence-corrected chi connectivity index (χ3v) is 3.80. The van der Waals surface area contributed by atoms with Crippen LogP contribution in [-0.2, 0) is 0 Å². The van der Waals surface area contributed by atoms with Crippen LogP contribution in [0.4, 0.5) is 0 Å². The molecule has 2 aliphatic heterocycles. The summed E-state index contributed by atoms with van der Waals surface area (Å²) in [7, 11) is 0. The summed E-state index contributed by atoms with van der Waals surface area (Å²) in [6, 6.07) is 1.65. The Morgan fingerprint density at radius 3 is 2.79 bits per heavy atom. The van der Waals surface area contributed by atoms with Crippen molar-refractivity contribution in [3.63, 3.8) is 0 Å². The van der Waals surface area contributed by atoms with Gasteiger partial charge in [-0.15, -0.1) is 0 Å². The molecule has 0 spiro atoms. The number of nitrogens with zero attached hydrogens (tertiary/aromatic N) is 1. The van der Waals surface area contributed by atoms with Crippen molar-refractivity contribution in [3.8, 4) is 0 Å². The SMILES string of the molecule is CC(C)C1CCCN1C[C@H]1CCCN1. The van der Waals surface area contributed by atoms with Gasteiger partial charge in [0.05, 0.1) is 0 Å². The normalized spacial score (nSPS) is 34.5. The van der Waals surface area contributed by atoms with Crippen LogP contribution in [-0.4, -0.2) is 36.6 Å². The fourth-order valence-corrected chi connectivity index (χ4v) is 3.03. The predicted octanol–water partition coefficient (Wildman–Crippen LogP) is 1.86. The van der Waals surface area contributed by atoms with E-state index >= 15 is 0 Å². The Bertz CT molecular complexity index is 173. The summed E-state index contributed by atoms with van der Waals surface area (Å²) < 4.78 is 0. The molecule has 0 amide bonds. The van der Waals surface area contributed by atoms with Gasteiger partial charge in [0.2, 0.25) is 0 Å². The number of rotatable bonds is 3. The molecule has 82 valence electrons. The molecule has 0 saturated carbocycles. The van der Waals surface area contributed by atoms with Crippen LogP contribution in [0.15, 0.2) is 0 Å². The molecule has 0 aromatic heterocycles. The van der Waals surface area contributed by atoms with E-state index in [-0.39, 0.29) is 0 Å². The Balaban J connectivity index is 1.83. The molecule has 0 aromatic carbocycles. The van der Waals surface area contributed by atoms with Crippen LogP contribution >= 0.6 is 0 Å². The largest absolute Gasteiger partial charge is 0.313 e. The van der Waals surface area contributed by atoms with Crippen molar-refractivity contribution in [1.82, 2.24) is 10.2 Å². The molecule has 0 bridgehead atoms. The van der Waals surface area contributed by atoms with E-state index in [4.69, 9.17) is 0 Å². The number of hydrogen-bond acceptors (Lipinski definition) is 2. The second kappa shape index (κ2) is 4.63. The van der Waals surface area contributed by atoms with Crippen molar-refractivity contribution in [2.45, 2.75) is 51.6 Å². The first-order chi connectivity index (χ1) is 6.77. The smallest absolute Gasteiger partial charge is 0.0195 e. The van der Waals surface area contributed by atoms with Gasteiger partial charge in [-0.25, -0.2) is 0 Å². The maximum absolute atomic E-state index is 3.60. The van der Waals surface area contributed by atoms with E-state index < -0.39 is 0 Å². The lowest BCUT2D eigenvalue weighted by Gasteiger charge is -2.29. The zero-order valence-corrected chi connectivity index (χ0v) is 9.63. The molecule has 2 aliphatic rings. The van der Waals surface area contributed by atoms with E-state index in [0.717, 1.165) is 18.0 Å². The first kappa shape index (κ1) is 10.4. The zero-order chi connectivity index (χ0) is 9.97. The van der Waals surface area contributed by atoms with E-state index in [2.05, 4.69) is 24.1 Å². The van der Waals surface area contributed by atoms with Crippen LogP contribution in [0.25, 0.3) is 0 Å². The summed E-state index contributed by atoms with van der Waals surface area (Å²) in [5.74, 6) is 0.832. The van der Waals surface area contributed by atoms with Crippen molar-refractivity contribution in [3.05, 3.63) is 0 Å². The van der Waals surface area contributed by atoms with Gasteiger partial charge in [0.1, 0.15) is 0 Å². The predicted molar refractivity (Wildman–Crippen MR) is 60.5 cm³/mol. The maximum Gasteiger partial charge on any atom is 0.0195 e. The van der Waals surface area contributed by atoms with E-state index in [1.54, 1.807) is 0 Å². The summed E-state index contributed by atoms with van der Waals surface area (Å²) >= 11 is 0. The highest BCUT2D eigenvalue weighted by Gasteiger charge is 2.29. The molecular weight excluding hydrogens is 172 g/mol. The summed E-state index contributed by atoms with van der Waals surface area (Å²) in [6.45, 7) is 8.60. The average Bonchev–Trinajstić information content (AvgIpc) is 2.75. The van der Waals surface area contributed by atoms with E-state index in [1.165, 1.54) is 45.3 Å². The Morgan fingerprint density at radius 2 is 2.14 bits per heavy atom. The summed E-state index contributed by atoms with van der Waals surface area (Å²) in [6.07, 6.45) is 5.60. The number of nitrogens with one attached hydrogen (secondary N) is 1. The lowest BCUT2D eigenvalue weighted by molar-refractivity contribution is 0.191. The minimum atomic E-state index is 0.786. The Kier molecular flexibility index (Phi) is 3.45. The molecule has 2 nitrogen and oxygen atoms in total. The highest BCUT2D eigenvalue weighted by molar-refractivity contribution is 4.86. The van der Waals surface area contributed by atoms with Crippen LogP contribution in [0.2, 0.25) is 0 Å². The van der Waals surface area contributed by atoms with Crippen LogP contribution in [0.1, 0.15) is 39.5 Å². The van der Waals surface area contributed by atoms with Crippen molar-refractivity contribution in [2.24, 2.45) is 5.92 Å². The quantitative estimate of drug-likeness (QED) is 0.741. The lowest BCUT2D eigenvalue weighted by Crippen LogP contribution is -2.42. The van der Waals surface area contributed by atoms with Gasteiger partial charge in [-0.1, -0.05) is 13.8 Å². The van der Waals surface area contributed by atoms with Gasteiger partial charge in [-0.3, -0.25) is 4.90 Å². The zero-order valence-electron chi connectivity index (χ0n) is 9.63. The fourth-order valence-electron chi connectivity index (χ4n) is 3.03. The fraction of sp³-hybridized carbons (Fsp3) is 1.00. The monoisotopic (exact) mass is 196 g/mol. The summed E-state index contributed by atoms with van der Waals surface area (Å²) in [5.41, 5.74) is 0. The Hall–Kier alpha value is -0.0800. The molecule has 2 heteroatoms. The molecule has 0 aliphatic carbocycles. The second-order valence-corrected chi connectivity index (χ2v) is 5.24. The molecule has 14 heavy (non-hydrogen) atoms. The molecule has 0 radical (unpaired) electrons. The van der Waals surface area contributed by atoms with Gasteiger partial charge in [0.15, 0.2) is 0 Å². The average molecular weight is 196 g/mol. The summed E-state index contributed by atoms with van der Waals surface area (Å²) in [4.78, 5) is 2.72. The summed E-state index contributed by atoms with van der Waals surface area (Å²) in [5, 5.41) is 3.60. The number of likely N-dealkylation sites (tertiary alicyclic amines) is 1. The van der Waals surface area contributed by atoms with Gasteiger partial charge >= 0.3 is 0 Å². The molecule has 2 heterocycles. The van der Waals surface area contributed by atoms with Gasteiger partial charge < -0.3 is 5.32 Å².